The maximum atomic E-state index is 6.11. The van der Waals surface area contributed by atoms with E-state index >= 15 is 0 Å². The van der Waals surface area contributed by atoms with Crippen LogP contribution in [0.5, 0.6) is 0 Å². The number of hydrogen-bond acceptors (Lipinski definition) is 2. The summed E-state index contributed by atoms with van der Waals surface area (Å²) >= 11 is 17.2. The Bertz CT molecular complexity index is 487. The van der Waals surface area contributed by atoms with Gasteiger partial charge in [0.2, 0.25) is 0 Å². The van der Waals surface area contributed by atoms with E-state index in [0.29, 0.717) is 15.7 Å². The van der Waals surface area contributed by atoms with Gasteiger partial charge in [0, 0.05) is 16.1 Å². The van der Waals surface area contributed by atoms with Crippen molar-refractivity contribution in [3.63, 3.8) is 0 Å². The third kappa shape index (κ3) is 2.31. The highest BCUT2D eigenvalue weighted by molar-refractivity contribution is 9.11. The summed E-state index contributed by atoms with van der Waals surface area (Å²) in [6.45, 7) is 0. The molecule has 0 amide bonds. The Morgan fingerprint density at radius 3 is 2.20 bits per heavy atom. The number of nitrogens with two attached hydrogens (primary N) is 1. The topological polar surface area (TPSA) is 26.0 Å². The summed E-state index contributed by atoms with van der Waals surface area (Å²) in [5, 5.41) is 1.16. The second kappa shape index (κ2) is 4.34. The van der Waals surface area contributed by atoms with E-state index in [-0.39, 0.29) is 0 Å². The first-order chi connectivity index (χ1) is 7.08. The van der Waals surface area contributed by atoms with Crippen LogP contribution in [-0.4, -0.2) is 0 Å². The molecule has 0 aliphatic heterocycles. The van der Waals surface area contributed by atoms with Crippen molar-refractivity contribution >= 4 is 56.2 Å². The van der Waals surface area contributed by atoms with Gasteiger partial charge in [0.25, 0.3) is 0 Å². The number of anilines is 1. The molecule has 1 aromatic carbocycles. The number of benzene rings is 1. The molecule has 2 N–H and O–H groups in total. The molecule has 2 aromatic rings. The number of hydrogen-bond donors (Lipinski definition) is 1. The Morgan fingerprint density at radius 1 is 1.13 bits per heavy atom. The van der Waals surface area contributed by atoms with E-state index < -0.39 is 0 Å². The van der Waals surface area contributed by atoms with Gasteiger partial charge in [0.15, 0.2) is 0 Å². The second-order valence-corrected chi connectivity index (χ2v) is 6.24. The highest BCUT2D eigenvalue weighted by Crippen LogP contribution is 2.40. The maximum absolute atomic E-state index is 6.11. The van der Waals surface area contributed by atoms with E-state index in [2.05, 4.69) is 15.9 Å². The van der Waals surface area contributed by atoms with Gasteiger partial charge in [-0.3, -0.25) is 0 Å². The normalized spacial score (nSPS) is 10.6. The summed E-state index contributed by atoms with van der Waals surface area (Å²) in [4.78, 5) is 1.02. The molecule has 1 nitrogen and oxygen atoms in total. The predicted octanol–water partition coefficient (Wildman–Crippen LogP) is 5.07. The van der Waals surface area contributed by atoms with Crippen molar-refractivity contribution < 1.29 is 0 Å². The SMILES string of the molecule is Nc1cc(Cl)c(-c2ccc(Br)s2)c(Cl)c1. The van der Waals surface area contributed by atoms with Crippen LogP contribution in [0.4, 0.5) is 5.69 Å². The van der Waals surface area contributed by atoms with Gasteiger partial charge in [-0.2, -0.15) is 0 Å². The fourth-order valence-corrected chi connectivity index (χ4v) is 3.56. The lowest BCUT2D eigenvalue weighted by molar-refractivity contribution is 1.67. The quantitative estimate of drug-likeness (QED) is 0.729. The van der Waals surface area contributed by atoms with Gasteiger partial charge in [0.05, 0.1) is 13.8 Å². The van der Waals surface area contributed by atoms with E-state index in [1.807, 2.05) is 12.1 Å². The number of nitrogen functional groups attached to an aromatic ring is 1. The molecule has 0 bridgehead atoms. The molecule has 0 saturated heterocycles. The van der Waals surface area contributed by atoms with E-state index in [0.717, 1.165) is 14.2 Å². The van der Waals surface area contributed by atoms with Crippen molar-refractivity contribution in [2.24, 2.45) is 0 Å². The maximum Gasteiger partial charge on any atom is 0.0705 e. The minimum absolute atomic E-state index is 0.573. The summed E-state index contributed by atoms with van der Waals surface area (Å²) in [7, 11) is 0. The van der Waals surface area contributed by atoms with Gasteiger partial charge in [0.1, 0.15) is 0 Å². The average molecular weight is 323 g/mol. The molecule has 78 valence electrons. The van der Waals surface area contributed by atoms with Crippen LogP contribution < -0.4 is 5.73 Å². The van der Waals surface area contributed by atoms with Crippen molar-refractivity contribution in [1.29, 1.82) is 0 Å². The van der Waals surface area contributed by atoms with E-state index in [1.54, 1.807) is 23.5 Å². The van der Waals surface area contributed by atoms with Crippen LogP contribution in [0, 0.1) is 0 Å². The lowest BCUT2D eigenvalue weighted by Gasteiger charge is -2.05. The first-order valence-corrected chi connectivity index (χ1v) is 6.44. The first kappa shape index (κ1) is 11.3. The van der Waals surface area contributed by atoms with Gasteiger partial charge >= 0.3 is 0 Å². The van der Waals surface area contributed by atoms with Crippen molar-refractivity contribution in [2.75, 3.05) is 5.73 Å². The molecule has 0 saturated carbocycles. The summed E-state index contributed by atoms with van der Waals surface area (Å²) in [6.07, 6.45) is 0. The molecular formula is C10H6BrCl2NS. The summed E-state index contributed by atoms with van der Waals surface area (Å²) < 4.78 is 1.04. The van der Waals surface area contributed by atoms with Gasteiger partial charge in [-0.15, -0.1) is 11.3 Å². The van der Waals surface area contributed by atoms with Crippen LogP contribution in [0.3, 0.4) is 0 Å². The summed E-state index contributed by atoms with van der Waals surface area (Å²) in [5.41, 5.74) is 7.05. The third-order valence-corrected chi connectivity index (χ3v) is 4.12. The highest BCUT2D eigenvalue weighted by atomic mass is 79.9. The van der Waals surface area contributed by atoms with Gasteiger partial charge in [-0.25, -0.2) is 0 Å². The molecule has 0 fully saturated rings. The lowest BCUT2D eigenvalue weighted by atomic mass is 10.1. The third-order valence-electron chi connectivity index (χ3n) is 1.88. The van der Waals surface area contributed by atoms with Crippen LogP contribution in [-0.2, 0) is 0 Å². The molecule has 1 heterocycles. The fourth-order valence-electron chi connectivity index (χ4n) is 1.28. The van der Waals surface area contributed by atoms with Crippen molar-refractivity contribution in [2.45, 2.75) is 0 Å². The van der Waals surface area contributed by atoms with Crippen LogP contribution in [0.15, 0.2) is 28.1 Å². The van der Waals surface area contributed by atoms with Crippen LogP contribution in [0.2, 0.25) is 10.0 Å². The molecule has 0 spiro atoms. The zero-order chi connectivity index (χ0) is 11.0. The minimum Gasteiger partial charge on any atom is -0.399 e. The molecule has 2 rings (SSSR count). The van der Waals surface area contributed by atoms with Crippen molar-refractivity contribution in [3.05, 3.63) is 38.1 Å². The molecular weight excluding hydrogens is 317 g/mol. The molecule has 0 aliphatic carbocycles. The molecule has 5 heteroatoms. The Hall–Kier alpha value is -0.220. The van der Waals surface area contributed by atoms with E-state index in [4.69, 9.17) is 28.9 Å². The second-order valence-electron chi connectivity index (χ2n) is 2.96. The Kier molecular flexibility index (Phi) is 3.26. The standard InChI is InChI=1S/C10H6BrCl2NS/c11-9-2-1-8(15-9)10-6(12)3-5(14)4-7(10)13/h1-4H,14H2. The predicted molar refractivity (Wildman–Crippen MR) is 71.9 cm³/mol. The highest BCUT2D eigenvalue weighted by Gasteiger charge is 2.11. The minimum atomic E-state index is 0.573. The molecule has 0 radical (unpaired) electrons. The Morgan fingerprint density at radius 2 is 1.73 bits per heavy atom. The van der Waals surface area contributed by atoms with Crippen LogP contribution >= 0.6 is 50.5 Å². The number of thiophene rings is 1. The molecule has 0 aliphatic rings. The zero-order valence-electron chi connectivity index (χ0n) is 7.43. The molecule has 0 unspecified atom stereocenters. The Balaban J connectivity index is 2.62. The summed E-state index contributed by atoms with van der Waals surface area (Å²) in [6, 6.07) is 7.34. The zero-order valence-corrected chi connectivity index (χ0v) is 11.3. The van der Waals surface area contributed by atoms with Crippen LogP contribution in [0.25, 0.3) is 10.4 Å². The molecule has 1 aromatic heterocycles. The summed E-state index contributed by atoms with van der Waals surface area (Å²) in [5.74, 6) is 0. The number of rotatable bonds is 1. The van der Waals surface area contributed by atoms with Crippen molar-refractivity contribution in [1.82, 2.24) is 0 Å². The molecule has 0 atom stereocenters. The van der Waals surface area contributed by atoms with Gasteiger partial charge in [-0.1, -0.05) is 23.2 Å². The lowest BCUT2D eigenvalue weighted by Crippen LogP contribution is -1.86. The van der Waals surface area contributed by atoms with Crippen molar-refractivity contribution in [3.8, 4) is 10.4 Å². The monoisotopic (exact) mass is 321 g/mol. The van der Waals surface area contributed by atoms with Crippen LogP contribution in [0.1, 0.15) is 0 Å². The van der Waals surface area contributed by atoms with E-state index in [1.165, 1.54) is 0 Å². The first-order valence-electron chi connectivity index (χ1n) is 4.08. The fraction of sp³-hybridized carbons (Fsp3) is 0. The van der Waals surface area contributed by atoms with Gasteiger partial charge < -0.3 is 5.73 Å². The largest absolute Gasteiger partial charge is 0.399 e. The van der Waals surface area contributed by atoms with Gasteiger partial charge in [-0.05, 0) is 40.2 Å². The Labute approximate surface area is 110 Å². The molecule has 15 heavy (non-hydrogen) atoms. The number of halogens is 3. The smallest absolute Gasteiger partial charge is 0.0705 e. The van der Waals surface area contributed by atoms with E-state index in [9.17, 15) is 0 Å². The average Bonchev–Trinajstić information content (AvgIpc) is 2.49.